The van der Waals surface area contributed by atoms with E-state index in [0.29, 0.717) is 4.57 Å². The monoisotopic (exact) mass is 838 g/mol. The van der Waals surface area contributed by atoms with Gasteiger partial charge in [0.1, 0.15) is 0 Å². The average molecular weight is 838 g/mol. The maximum absolute atomic E-state index is 10.5. The first-order valence-electron chi connectivity index (χ1n) is 36.7. The van der Waals surface area contributed by atoms with Gasteiger partial charge in [0.15, 0.2) is 0 Å². The molecule has 0 spiro atoms. The SMILES string of the molecule is [2H]c1c([2H])c([2H])c(-c2cc(-c3c([2H])c([2H])c([2H])c(-c4c([2H])c([2H])c([2H])c([2H])c4[2H])c3[2H])cc(-n3c4c([2H])c([2H])c([2H])c([2H])c4c4c([2H])c([2H])c(-n5c6c([2H])c([2H])c([2H])c([2H])c6c6c([2H])c(-n7c8c([2H])c([2H])c([2H])c([2H])c8c8c([2H])c([2H])c([2H])c([2H])c87)c([2H])c([2H])c65)c([2H])c43)c2)c([2H])c1[2H]. The normalized spacial score (nSPS) is 19.8. The van der Waals surface area contributed by atoms with Gasteiger partial charge in [-0.25, -0.2) is 0 Å². The highest BCUT2D eigenvalue weighted by Crippen LogP contribution is 2.41. The summed E-state index contributed by atoms with van der Waals surface area (Å²) in [7, 11) is 0. The number of rotatable bonds is 6. The zero-order valence-electron chi connectivity index (χ0n) is 67.6. The molecule has 13 rings (SSSR count). The van der Waals surface area contributed by atoms with Gasteiger partial charge in [0.25, 0.3) is 0 Å². The Labute approximate surface area is 415 Å². The Balaban J connectivity index is 1.25. The molecule has 63 heavy (non-hydrogen) atoms. The number of hydrogen-bond donors (Lipinski definition) is 0. The highest BCUT2D eigenvalue weighted by atomic mass is 15.0. The number of hydrogen-bond acceptors (Lipinski definition) is 0. The van der Waals surface area contributed by atoms with Crippen molar-refractivity contribution in [1.29, 1.82) is 0 Å². The number of para-hydroxylation sites is 4. The highest BCUT2D eigenvalue weighted by molar-refractivity contribution is 6.14. The Kier molecular flexibility index (Phi) is 3.33. The van der Waals surface area contributed by atoms with E-state index in [0.717, 1.165) is 27.3 Å². The molecule has 0 aliphatic heterocycles. The summed E-state index contributed by atoms with van der Waals surface area (Å²) in [4.78, 5) is 0. The van der Waals surface area contributed by atoms with Crippen molar-refractivity contribution in [3.05, 3.63) is 236 Å². The lowest BCUT2D eigenvalue weighted by Gasteiger charge is -2.15. The molecule has 0 fully saturated rings. The van der Waals surface area contributed by atoms with Gasteiger partial charge in [-0.15, -0.1) is 0 Å². The fourth-order valence-corrected chi connectivity index (χ4v) is 7.77. The zero-order valence-corrected chi connectivity index (χ0v) is 31.6. The minimum Gasteiger partial charge on any atom is -0.309 e. The summed E-state index contributed by atoms with van der Waals surface area (Å²) in [5.41, 5.74) is -10.2. The van der Waals surface area contributed by atoms with Crippen molar-refractivity contribution < 1.29 is 49.3 Å². The van der Waals surface area contributed by atoms with Gasteiger partial charge in [-0.1, -0.05) is 157 Å². The van der Waals surface area contributed by atoms with E-state index in [1.807, 2.05) is 0 Å². The Morgan fingerprint density at radius 1 is 0.222 bits per heavy atom. The molecule has 0 amide bonds. The van der Waals surface area contributed by atoms with Crippen LogP contribution in [0.3, 0.4) is 0 Å². The first-order chi connectivity index (χ1) is 46.2. The van der Waals surface area contributed by atoms with Crippen LogP contribution in [0.1, 0.15) is 49.3 Å². The Hall–Kier alpha value is -8.40. The molecule has 0 aliphatic rings. The topological polar surface area (TPSA) is 14.8 Å². The van der Waals surface area contributed by atoms with Crippen molar-refractivity contribution in [2.75, 3.05) is 0 Å². The van der Waals surface area contributed by atoms with Gasteiger partial charge in [-0.05, 0) is 112 Å². The standard InChI is InChI=1S/C60H39N3/c1-3-16-40(17-4-1)42-20-15-21-43(34-42)45-35-44(41-18-5-2-6-19-41)36-48(37-45)63-57-28-13-9-24-51(57)53-32-30-47(39-60(53)63)62-58-29-14-10-25-52(58)54-38-46(31-33-59(54)62)61-55-26-11-7-22-49(55)50-23-8-12-27-56(50)61/h1-39H/i1D,2D,3D,4D,5D,6D,7D,8D,9D,10D,11D,12D,13D,14D,15D,16D,17D,18D,19D,20D,21D,22D,23D,24D,25D,26D,27D,28D,29D,30D,31D,32D,33D,34D,38D,39D. The summed E-state index contributed by atoms with van der Waals surface area (Å²) in [6.45, 7) is 0. The molecule has 10 aromatic carbocycles. The van der Waals surface area contributed by atoms with Crippen LogP contribution in [0.2, 0.25) is 0 Å². The first-order valence-corrected chi connectivity index (χ1v) is 18.7. The van der Waals surface area contributed by atoms with Crippen LogP contribution in [0, 0.1) is 0 Å². The molecular formula is C60H39N3. The van der Waals surface area contributed by atoms with E-state index >= 15 is 0 Å². The minimum absolute atomic E-state index is 0.441. The van der Waals surface area contributed by atoms with E-state index in [4.69, 9.17) is 30.2 Å². The third kappa shape index (κ3) is 5.60. The van der Waals surface area contributed by atoms with Crippen LogP contribution in [0.25, 0.3) is 116 Å². The Morgan fingerprint density at radius 2 is 0.603 bits per heavy atom. The second kappa shape index (κ2) is 14.1. The molecule has 13 aromatic rings. The van der Waals surface area contributed by atoms with Crippen LogP contribution >= 0.6 is 0 Å². The molecule has 0 unspecified atom stereocenters. The molecule has 0 N–H and O–H groups in total. The van der Waals surface area contributed by atoms with Gasteiger partial charge in [-0.3, -0.25) is 0 Å². The van der Waals surface area contributed by atoms with Crippen molar-refractivity contribution in [2.45, 2.75) is 0 Å². The van der Waals surface area contributed by atoms with Gasteiger partial charge >= 0.3 is 0 Å². The molecule has 0 saturated carbocycles. The molecule has 0 bridgehead atoms. The average Bonchev–Trinajstić information content (AvgIpc) is 1.53. The van der Waals surface area contributed by atoms with Gasteiger partial charge in [0.2, 0.25) is 0 Å². The molecule has 0 radical (unpaired) electrons. The summed E-state index contributed by atoms with van der Waals surface area (Å²) in [5.74, 6) is 0. The van der Waals surface area contributed by atoms with Gasteiger partial charge in [0.05, 0.1) is 82.4 Å². The fraction of sp³-hybridized carbons (Fsp3) is 0. The van der Waals surface area contributed by atoms with Crippen LogP contribution in [-0.2, 0) is 0 Å². The van der Waals surface area contributed by atoms with E-state index in [-0.39, 0.29) is 0 Å². The summed E-state index contributed by atoms with van der Waals surface area (Å²) in [6, 6.07) is -30.8. The molecule has 0 saturated heterocycles. The maximum atomic E-state index is 10.5. The van der Waals surface area contributed by atoms with E-state index in [1.54, 1.807) is 0 Å². The fourth-order valence-electron chi connectivity index (χ4n) is 7.77. The molecule has 0 atom stereocenters. The van der Waals surface area contributed by atoms with Crippen molar-refractivity contribution in [3.63, 3.8) is 0 Å². The van der Waals surface area contributed by atoms with Gasteiger partial charge in [-0.2, -0.15) is 0 Å². The maximum Gasteiger partial charge on any atom is 0.0667 e. The summed E-state index contributed by atoms with van der Waals surface area (Å²) in [6.07, 6.45) is 0. The molecule has 3 aromatic heterocycles. The minimum atomic E-state index is -1.10. The largest absolute Gasteiger partial charge is 0.309 e. The number of aromatic nitrogens is 3. The molecule has 3 heterocycles. The lowest BCUT2D eigenvalue weighted by molar-refractivity contribution is 1.15. The molecular weight excluding hydrogens is 763 g/mol. The Bertz CT molecular complexity index is 5920. The second-order valence-corrected chi connectivity index (χ2v) is 13.8. The van der Waals surface area contributed by atoms with Crippen LogP contribution < -0.4 is 0 Å². The van der Waals surface area contributed by atoms with Crippen LogP contribution in [0.15, 0.2) is 236 Å². The second-order valence-electron chi connectivity index (χ2n) is 13.8. The summed E-state index contributed by atoms with van der Waals surface area (Å²) >= 11 is 0. The molecule has 3 nitrogen and oxygen atoms in total. The molecule has 0 aliphatic carbocycles. The van der Waals surface area contributed by atoms with E-state index in [1.165, 1.54) is 0 Å². The predicted molar refractivity (Wildman–Crippen MR) is 266 cm³/mol. The quantitative estimate of drug-likeness (QED) is 0.158. The van der Waals surface area contributed by atoms with Gasteiger partial charge in [0, 0.05) is 49.4 Å². The van der Waals surface area contributed by atoms with Crippen molar-refractivity contribution in [1.82, 2.24) is 13.7 Å². The summed E-state index contributed by atoms with van der Waals surface area (Å²) in [5, 5.41) is -3.66. The third-order valence-corrected chi connectivity index (χ3v) is 10.4. The van der Waals surface area contributed by atoms with E-state index in [9.17, 15) is 19.2 Å². The lowest BCUT2D eigenvalue weighted by Crippen LogP contribution is -1.98. The number of benzene rings is 10. The van der Waals surface area contributed by atoms with Crippen LogP contribution in [-0.4, -0.2) is 13.7 Å². The highest BCUT2D eigenvalue weighted by Gasteiger charge is 2.19. The number of nitrogens with zero attached hydrogens (tertiary/aromatic N) is 3. The predicted octanol–water partition coefficient (Wildman–Crippen LogP) is 16.0. The van der Waals surface area contributed by atoms with Crippen molar-refractivity contribution in [3.8, 4) is 50.4 Å². The van der Waals surface area contributed by atoms with E-state index in [2.05, 4.69) is 0 Å². The summed E-state index contributed by atoms with van der Waals surface area (Å²) < 4.78 is 332. The van der Waals surface area contributed by atoms with Crippen molar-refractivity contribution >= 4 is 65.4 Å². The first kappa shape index (κ1) is 14.9. The lowest BCUT2D eigenvalue weighted by atomic mass is 9.95. The zero-order chi connectivity index (χ0) is 72.8. The van der Waals surface area contributed by atoms with Crippen LogP contribution in [0.5, 0.6) is 0 Å². The van der Waals surface area contributed by atoms with Gasteiger partial charge < -0.3 is 13.7 Å². The number of fused-ring (bicyclic) bond motifs is 9. The van der Waals surface area contributed by atoms with Crippen molar-refractivity contribution in [2.24, 2.45) is 0 Å². The molecule has 294 valence electrons. The third-order valence-electron chi connectivity index (χ3n) is 10.4. The van der Waals surface area contributed by atoms with Crippen LogP contribution in [0.4, 0.5) is 0 Å². The van der Waals surface area contributed by atoms with E-state index < -0.39 is 333 Å². The Morgan fingerprint density at radius 3 is 1.17 bits per heavy atom. The molecule has 3 heteroatoms. The smallest absolute Gasteiger partial charge is 0.0667 e.